The summed E-state index contributed by atoms with van der Waals surface area (Å²) in [7, 11) is 0. The molecule has 2 atom stereocenters. The monoisotopic (exact) mass is 261 g/mol. The van der Waals surface area contributed by atoms with E-state index >= 15 is 0 Å². The van der Waals surface area contributed by atoms with Gasteiger partial charge in [-0.25, -0.2) is 0 Å². The Labute approximate surface area is 114 Å². The van der Waals surface area contributed by atoms with Gasteiger partial charge in [-0.1, -0.05) is 43.1 Å². The van der Waals surface area contributed by atoms with Gasteiger partial charge in [-0.15, -0.1) is 0 Å². The van der Waals surface area contributed by atoms with Crippen LogP contribution >= 0.6 is 0 Å². The van der Waals surface area contributed by atoms with Crippen LogP contribution < -0.4 is 11.1 Å². The highest BCUT2D eigenvalue weighted by atomic mass is 16.4. The first-order chi connectivity index (χ1) is 9.20. The van der Waals surface area contributed by atoms with Gasteiger partial charge in [0, 0.05) is 18.2 Å². The van der Waals surface area contributed by atoms with Crippen molar-refractivity contribution in [2.45, 2.75) is 45.2 Å². The van der Waals surface area contributed by atoms with E-state index in [-0.39, 0.29) is 5.84 Å². The molecule has 1 aromatic carbocycles. The van der Waals surface area contributed by atoms with E-state index in [0.29, 0.717) is 6.04 Å². The summed E-state index contributed by atoms with van der Waals surface area (Å²) in [6.07, 6.45) is 5.27. The molecule has 0 saturated heterocycles. The summed E-state index contributed by atoms with van der Waals surface area (Å²) in [5.74, 6) is 0.911. The van der Waals surface area contributed by atoms with Gasteiger partial charge in [-0.05, 0) is 30.4 Å². The second-order valence-corrected chi connectivity index (χ2v) is 5.43. The fraction of sp³-hybridized carbons (Fsp3) is 0.533. The van der Waals surface area contributed by atoms with E-state index in [1.807, 2.05) is 18.2 Å². The highest BCUT2D eigenvalue weighted by molar-refractivity contribution is 5.97. The largest absolute Gasteiger partial charge is 0.409 e. The minimum absolute atomic E-state index is 0.160. The number of hydrogen-bond donors (Lipinski definition) is 3. The Morgan fingerprint density at radius 3 is 2.95 bits per heavy atom. The molecule has 2 unspecified atom stereocenters. The number of nitrogens with two attached hydrogens (primary N) is 1. The number of nitrogens with one attached hydrogen (secondary N) is 1. The van der Waals surface area contributed by atoms with E-state index in [1.54, 1.807) is 0 Å². The molecule has 0 heterocycles. The van der Waals surface area contributed by atoms with Crippen LogP contribution in [0.3, 0.4) is 0 Å². The predicted molar refractivity (Wildman–Crippen MR) is 77.2 cm³/mol. The summed E-state index contributed by atoms with van der Waals surface area (Å²) in [5.41, 5.74) is 7.53. The molecule has 0 aliphatic heterocycles. The van der Waals surface area contributed by atoms with Crippen LogP contribution in [0.5, 0.6) is 0 Å². The Kier molecular flexibility index (Phi) is 4.80. The van der Waals surface area contributed by atoms with Gasteiger partial charge in [0.2, 0.25) is 0 Å². The Hall–Kier alpha value is -1.55. The summed E-state index contributed by atoms with van der Waals surface area (Å²) >= 11 is 0. The summed E-state index contributed by atoms with van der Waals surface area (Å²) in [6, 6.07) is 8.43. The molecule has 0 radical (unpaired) electrons. The molecule has 0 spiro atoms. The van der Waals surface area contributed by atoms with E-state index in [1.165, 1.54) is 31.2 Å². The molecule has 1 aromatic rings. The van der Waals surface area contributed by atoms with Gasteiger partial charge >= 0.3 is 0 Å². The van der Waals surface area contributed by atoms with Crippen LogP contribution in [0.1, 0.15) is 43.7 Å². The highest BCUT2D eigenvalue weighted by Crippen LogP contribution is 2.24. The summed E-state index contributed by atoms with van der Waals surface area (Å²) in [6.45, 7) is 3.16. The van der Waals surface area contributed by atoms with E-state index in [4.69, 9.17) is 10.9 Å². The van der Waals surface area contributed by atoms with E-state index in [9.17, 15) is 0 Å². The van der Waals surface area contributed by atoms with Crippen LogP contribution in [0.25, 0.3) is 0 Å². The second-order valence-electron chi connectivity index (χ2n) is 5.43. The van der Waals surface area contributed by atoms with E-state index in [2.05, 4.69) is 23.5 Å². The molecular formula is C15H23N3O. The molecule has 1 aliphatic rings. The Morgan fingerprint density at radius 1 is 1.42 bits per heavy atom. The first-order valence-corrected chi connectivity index (χ1v) is 7.01. The second kappa shape index (κ2) is 6.57. The van der Waals surface area contributed by atoms with Crippen LogP contribution in [0, 0.1) is 5.92 Å². The van der Waals surface area contributed by atoms with Crippen LogP contribution in [-0.4, -0.2) is 17.1 Å². The smallest absolute Gasteiger partial charge is 0.170 e. The SMILES string of the molecule is CC1CCCCC1NCc1cccc(C(N)=NO)c1. The number of benzene rings is 1. The molecule has 0 aromatic heterocycles. The molecule has 1 saturated carbocycles. The van der Waals surface area contributed by atoms with Crippen molar-refractivity contribution in [2.75, 3.05) is 0 Å². The van der Waals surface area contributed by atoms with Crippen molar-refractivity contribution in [1.82, 2.24) is 5.32 Å². The van der Waals surface area contributed by atoms with Crippen molar-refractivity contribution in [2.24, 2.45) is 16.8 Å². The van der Waals surface area contributed by atoms with Gasteiger partial charge in [0.05, 0.1) is 0 Å². The molecule has 0 bridgehead atoms. The zero-order valence-corrected chi connectivity index (χ0v) is 11.5. The maximum atomic E-state index is 8.69. The normalized spacial score (nSPS) is 24.4. The lowest BCUT2D eigenvalue weighted by Gasteiger charge is -2.29. The van der Waals surface area contributed by atoms with Gasteiger partial charge < -0.3 is 16.3 Å². The Morgan fingerprint density at radius 2 is 2.21 bits per heavy atom. The molecule has 4 nitrogen and oxygen atoms in total. The molecule has 19 heavy (non-hydrogen) atoms. The third-order valence-electron chi connectivity index (χ3n) is 4.01. The average Bonchev–Trinajstić information content (AvgIpc) is 2.46. The number of oxime groups is 1. The van der Waals surface area contributed by atoms with Crippen molar-refractivity contribution in [3.8, 4) is 0 Å². The molecule has 104 valence electrons. The molecule has 1 aliphatic carbocycles. The molecule has 1 fully saturated rings. The quantitative estimate of drug-likeness (QED) is 0.337. The standard InChI is InChI=1S/C15H23N3O/c1-11-5-2-3-8-14(11)17-10-12-6-4-7-13(9-12)15(16)18-19/h4,6-7,9,11,14,17,19H,2-3,5,8,10H2,1H3,(H2,16,18). The highest BCUT2D eigenvalue weighted by Gasteiger charge is 2.20. The summed E-state index contributed by atoms with van der Waals surface area (Å²) in [4.78, 5) is 0. The average molecular weight is 261 g/mol. The third-order valence-corrected chi connectivity index (χ3v) is 4.01. The lowest BCUT2D eigenvalue weighted by atomic mass is 9.86. The fourth-order valence-corrected chi connectivity index (χ4v) is 2.77. The van der Waals surface area contributed by atoms with Gasteiger partial charge in [0.15, 0.2) is 5.84 Å². The van der Waals surface area contributed by atoms with Crippen molar-refractivity contribution >= 4 is 5.84 Å². The van der Waals surface area contributed by atoms with Gasteiger partial charge in [0.1, 0.15) is 0 Å². The zero-order chi connectivity index (χ0) is 13.7. The first-order valence-electron chi connectivity index (χ1n) is 7.01. The van der Waals surface area contributed by atoms with Gasteiger partial charge in [-0.3, -0.25) is 0 Å². The van der Waals surface area contributed by atoms with Crippen LogP contribution in [-0.2, 0) is 6.54 Å². The van der Waals surface area contributed by atoms with Crippen molar-refractivity contribution in [3.05, 3.63) is 35.4 Å². The summed E-state index contributed by atoms with van der Waals surface area (Å²) in [5, 5.41) is 15.4. The van der Waals surface area contributed by atoms with Gasteiger partial charge in [0.25, 0.3) is 0 Å². The number of rotatable bonds is 4. The number of nitrogens with zero attached hydrogens (tertiary/aromatic N) is 1. The first kappa shape index (κ1) is 13.9. The van der Waals surface area contributed by atoms with Crippen molar-refractivity contribution in [3.63, 3.8) is 0 Å². The maximum Gasteiger partial charge on any atom is 0.170 e. The van der Waals surface area contributed by atoms with Crippen molar-refractivity contribution in [1.29, 1.82) is 0 Å². The zero-order valence-electron chi connectivity index (χ0n) is 11.5. The Bertz CT molecular complexity index is 445. The lowest BCUT2D eigenvalue weighted by Crippen LogP contribution is -2.36. The van der Waals surface area contributed by atoms with Crippen LogP contribution in [0.2, 0.25) is 0 Å². The maximum absolute atomic E-state index is 8.69. The lowest BCUT2D eigenvalue weighted by molar-refractivity contribution is 0.279. The number of hydrogen-bond acceptors (Lipinski definition) is 3. The van der Waals surface area contributed by atoms with Crippen molar-refractivity contribution < 1.29 is 5.21 Å². The fourth-order valence-electron chi connectivity index (χ4n) is 2.77. The molecule has 4 heteroatoms. The number of amidine groups is 1. The van der Waals surface area contributed by atoms with E-state index < -0.39 is 0 Å². The topological polar surface area (TPSA) is 70.6 Å². The molecular weight excluding hydrogens is 238 g/mol. The summed E-state index contributed by atoms with van der Waals surface area (Å²) < 4.78 is 0. The molecule has 0 amide bonds. The third kappa shape index (κ3) is 3.70. The molecule has 2 rings (SSSR count). The Balaban J connectivity index is 1.95. The van der Waals surface area contributed by atoms with Crippen LogP contribution in [0.4, 0.5) is 0 Å². The van der Waals surface area contributed by atoms with E-state index in [0.717, 1.165) is 18.0 Å². The van der Waals surface area contributed by atoms with Crippen LogP contribution in [0.15, 0.2) is 29.4 Å². The van der Waals surface area contributed by atoms with Gasteiger partial charge in [-0.2, -0.15) is 0 Å². The molecule has 4 N–H and O–H groups in total. The predicted octanol–water partition coefficient (Wildman–Crippen LogP) is 2.45. The minimum Gasteiger partial charge on any atom is -0.409 e. The minimum atomic E-state index is 0.160.